The normalized spacial score (nSPS) is 15.4. The van der Waals surface area contributed by atoms with Crippen molar-refractivity contribution in [3.63, 3.8) is 0 Å². The number of amides is 1. The first-order valence-electron chi connectivity index (χ1n) is 11.4. The third-order valence-corrected chi connectivity index (χ3v) is 6.17. The van der Waals surface area contributed by atoms with E-state index < -0.39 is 0 Å². The molecule has 4 rings (SSSR count). The summed E-state index contributed by atoms with van der Waals surface area (Å²) in [6.45, 7) is 12.9. The molecule has 0 atom stereocenters. The molecule has 7 heteroatoms. The molecule has 1 N–H and O–H groups in total. The lowest BCUT2D eigenvalue weighted by atomic mass is 10.2. The Kier molecular flexibility index (Phi) is 6.77. The van der Waals surface area contributed by atoms with Crippen molar-refractivity contribution in [1.29, 1.82) is 0 Å². The molecule has 0 radical (unpaired) electrons. The maximum absolute atomic E-state index is 12.7. The van der Waals surface area contributed by atoms with Crippen molar-refractivity contribution in [2.24, 2.45) is 0 Å². The largest absolute Gasteiger partial charge is 0.497 e. The Hall–Kier alpha value is -2.90. The average molecular weight is 436 g/mol. The number of piperazine rings is 1. The van der Waals surface area contributed by atoms with E-state index in [0.29, 0.717) is 5.56 Å². The summed E-state index contributed by atoms with van der Waals surface area (Å²) in [6, 6.07) is 13.3. The molecule has 0 aliphatic carbocycles. The van der Waals surface area contributed by atoms with Crippen molar-refractivity contribution >= 4 is 22.6 Å². The summed E-state index contributed by atoms with van der Waals surface area (Å²) in [4.78, 5) is 22.6. The molecule has 2 heterocycles. The van der Waals surface area contributed by atoms with Crippen LogP contribution in [0.5, 0.6) is 5.75 Å². The van der Waals surface area contributed by atoms with E-state index in [1.54, 1.807) is 31.4 Å². The predicted octanol–water partition coefficient (Wildman–Crippen LogP) is 4.02. The number of imidazole rings is 1. The average Bonchev–Trinajstić information content (AvgIpc) is 3.17. The van der Waals surface area contributed by atoms with Crippen LogP contribution in [0.3, 0.4) is 0 Å². The number of aromatic nitrogens is 2. The zero-order chi connectivity index (χ0) is 22.7. The Morgan fingerprint density at radius 3 is 2.38 bits per heavy atom. The second kappa shape index (κ2) is 9.71. The van der Waals surface area contributed by atoms with E-state index in [1.165, 1.54) is 0 Å². The highest BCUT2D eigenvalue weighted by molar-refractivity contribution is 6.05. The molecule has 1 fully saturated rings. The van der Waals surface area contributed by atoms with Gasteiger partial charge >= 0.3 is 0 Å². The van der Waals surface area contributed by atoms with Gasteiger partial charge in [-0.15, -0.1) is 0 Å². The molecule has 1 aliphatic heterocycles. The molecule has 170 valence electrons. The lowest BCUT2D eigenvalue weighted by Gasteiger charge is -2.34. The number of hydrogen-bond acceptors (Lipinski definition) is 5. The Labute approximate surface area is 190 Å². The van der Waals surface area contributed by atoms with Crippen LogP contribution in [-0.4, -0.2) is 65.1 Å². The van der Waals surface area contributed by atoms with Crippen molar-refractivity contribution in [3.8, 4) is 5.75 Å². The zero-order valence-corrected chi connectivity index (χ0v) is 19.5. The molecule has 1 aliphatic rings. The zero-order valence-electron chi connectivity index (χ0n) is 19.5. The number of rotatable bonds is 7. The third kappa shape index (κ3) is 4.79. The fraction of sp³-hybridized carbons (Fsp3) is 0.440. The minimum atomic E-state index is -0.142. The summed E-state index contributed by atoms with van der Waals surface area (Å²) in [5, 5.41) is 3.02. The van der Waals surface area contributed by atoms with E-state index in [9.17, 15) is 4.79 Å². The number of carbonyl (C=O) groups excluding carboxylic acids is 1. The SMILES string of the molecule is CCN1CCN(Cc2nc3ccc(NC(=O)c4ccc(OC)cc4)cc3n2C(C)C)CC1. The summed E-state index contributed by atoms with van der Waals surface area (Å²) in [5.74, 6) is 1.67. The Bertz CT molecular complexity index is 1070. The van der Waals surface area contributed by atoms with Gasteiger partial charge in [-0.05, 0) is 62.9 Å². The first kappa shape index (κ1) is 22.3. The third-order valence-electron chi connectivity index (χ3n) is 6.17. The van der Waals surface area contributed by atoms with Crippen molar-refractivity contribution in [2.75, 3.05) is 45.2 Å². The molecular formula is C25H33N5O2. The number of ether oxygens (including phenoxy) is 1. The summed E-state index contributed by atoms with van der Waals surface area (Å²) < 4.78 is 7.47. The molecule has 32 heavy (non-hydrogen) atoms. The second-order valence-corrected chi connectivity index (χ2v) is 8.59. The number of nitrogens with one attached hydrogen (secondary N) is 1. The summed E-state index contributed by atoms with van der Waals surface area (Å²) in [5.41, 5.74) is 3.37. The molecule has 0 bridgehead atoms. The maximum atomic E-state index is 12.7. The van der Waals surface area contributed by atoms with Gasteiger partial charge in [0.2, 0.25) is 0 Å². The number of carbonyl (C=O) groups is 1. The number of benzene rings is 2. The fourth-order valence-electron chi connectivity index (χ4n) is 4.32. The van der Waals surface area contributed by atoms with Crippen LogP contribution in [0, 0.1) is 0 Å². The summed E-state index contributed by atoms with van der Waals surface area (Å²) in [6.07, 6.45) is 0. The van der Waals surface area contributed by atoms with E-state index in [0.717, 1.165) is 67.6 Å². The van der Waals surface area contributed by atoms with E-state index in [4.69, 9.17) is 9.72 Å². The number of fused-ring (bicyclic) bond motifs is 1. The molecule has 0 spiro atoms. The second-order valence-electron chi connectivity index (χ2n) is 8.59. The van der Waals surface area contributed by atoms with Crippen LogP contribution < -0.4 is 10.1 Å². The maximum Gasteiger partial charge on any atom is 0.255 e. The minimum Gasteiger partial charge on any atom is -0.497 e. The number of nitrogens with zero attached hydrogens (tertiary/aromatic N) is 4. The number of hydrogen-bond donors (Lipinski definition) is 1. The molecule has 0 saturated carbocycles. The van der Waals surface area contributed by atoms with Gasteiger partial charge < -0.3 is 19.5 Å². The van der Waals surface area contributed by atoms with Crippen molar-refractivity contribution < 1.29 is 9.53 Å². The van der Waals surface area contributed by atoms with Gasteiger partial charge in [-0.2, -0.15) is 0 Å². The van der Waals surface area contributed by atoms with Crippen LogP contribution >= 0.6 is 0 Å². The highest BCUT2D eigenvalue weighted by atomic mass is 16.5. The van der Waals surface area contributed by atoms with Crippen LogP contribution in [0.4, 0.5) is 5.69 Å². The highest BCUT2D eigenvalue weighted by Gasteiger charge is 2.20. The molecule has 1 aromatic heterocycles. The smallest absolute Gasteiger partial charge is 0.255 e. The van der Waals surface area contributed by atoms with Crippen molar-refractivity contribution in [2.45, 2.75) is 33.4 Å². The van der Waals surface area contributed by atoms with Gasteiger partial charge in [0.15, 0.2) is 0 Å². The van der Waals surface area contributed by atoms with Crippen LogP contribution in [0.25, 0.3) is 11.0 Å². The Morgan fingerprint density at radius 2 is 1.75 bits per heavy atom. The Morgan fingerprint density at radius 1 is 1.06 bits per heavy atom. The molecule has 3 aromatic rings. The van der Waals surface area contributed by atoms with Crippen molar-refractivity contribution in [1.82, 2.24) is 19.4 Å². The van der Waals surface area contributed by atoms with E-state index >= 15 is 0 Å². The van der Waals surface area contributed by atoms with Gasteiger partial charge in [0.1, 0.15) is 11.6 Å². The molecule has 7 nitrogen and oxygen atoms in total. The van der Waals surface area contributed by atoms with Gasteiger partial charge in [-0.25, -0.2) is 4.98 Å². The number of likely N-dealkylation sites (N-methyl/N-ethyl adjacent to an activating group) is 1. The van der Waals surface area contributed by atoms with Gasteiger partial charge in [-0.3, -0.25) is 9.69 Å². The summed E-state index contributed by atoms with van der Waals surface area (Å²) >= 11 is 0. The first-order valence-corrected chi connectivity index (χ1v) is 11.4. The van der Waals surface area contributed by atoms with E-state index in [-0.39, 0.29) is 11.9 Å². The van der Waals surface area contributed by atoms with Gasteiger partial charge in [0.25, 0.3) is 5.91 Å². The highest BCUT2D eigenvalue weighted by Crippen LogP contribution is 2.26. The van der Waals surface area contributed by atoms with Crippen LogP contribution in [-0.2, 0) is 6.54 Å². The molecule has 2 aromatic carbocycles. The predicted molar refractivity (Wildman–Crippen MR) is 128 cm³/mol. The minimum absolute atomic E-state index is 0.142. The molecule has 1 saturated heterocycles. The van der Waals surface area contributed by atoms with Crippen molar-refractivity contribution in [3.05, 3.63) is 53.9 Å². The Balaban J connectivity index is 1.55. The number of methoxy groups -OCH3 is 1. The fourth-order valence-corrected chi connectivity index (χ4v) is 4.32. The quantitative estimate of drug-likeness (QED) is 0.607. The lowest BCUT2D eigenvalue weighted by Crippen LogP contribution is -2.45. The van der Waals surface area contributed by atoms with Crippen LogP contribution in [0.15, 0.2) is 42.5 Å². The van der Waals surface area contributed by atoms with E-state index in [2.05, 4.69) is 40.5 Å². The summed E-state index contributed by atoms with van der Waals surface area (Å²) in [7, 11) is 1.61. The topological polar surface area (TPSA) is 62.6 Å². The molecule has 1 amide bonds. The van der Waals surface area contributed by atoms with Crippen LogP contribution in [0.1, 0.15) is 43.0 Å². The standard InChI is InChI=1S/C25H33N5O2/c1-5-28-12-14-29(15-13-28)17-24-27-22-11-8-20(16-23(22)30(24)18(2)3)26-25(31)19-6-9-21(32-4)10-7-19/h6-11,16,18H,5,12-15,17H2,1-4H3,(H,26,31). The lowest BCUT2D eigenvalue weighted by molar-refractivity contribution is 0.102. The van der Waals surface area contributed by atoms with E-state index in [1.807, 2.05) is 18.2 Å². The van der Waals surface area contributed by atoms with Crippen LogP contribution in [0.2, 0.25) is 0 Å². The monoisotopic (exact) mass is 435 g/mol. The molecule has 0 unspecified atom stereocenters. The van der Waals surface area contributed by atoms with Gasteiger partial charge in [0.05, 0.1) is 24.7 Å². The molecular weight excluding hydrogens is 402 g/mol. The first-order chi connectivity index (χ1) is 15.5. The number of anilines is 1. The van der Waals surface area contributed by atoms with Gasteiger partial charge in [0, 0.05) is 43.5 Å². The van der Waals surface area contributed by atoms with Gasteiger partial charge in [-0.1, -0.05) is 6.92 Å².